The van der Waals surface area contributed by atoms with E-state index in [9.17, 15) is 13.8 Å². The minimum Gasteiger partial charge on any atom is -0.383 e. The molecule has 3 N–H and O–H groups in total. The van der Waals surface area contributed by atoms with Crippen molar-refractivity contribution in [3.8, 4) is 11.1 Å². The highest BCUT2D eigenvalue weighted by Crippen LogP contribution is 2.28. The van der Waals surface area contributed by atoms with E-state index >= 15 is 0 Å². The highest BCUT2D eigenvalue weighted by atomic mass is 32.2. The predicted octanol–water partition coefficient (Wildman–Crippen LogP) is 3.75. The summed E-state index contributed by atoms with van der Waals surface area (Å²) >= 11 is 0. The van der Waals surface area contributed by atoms with E-state index in [0.717, 1.165) is 5.69 Å². The number of carbonyl (C=O) groups is 2. The predicted molar refractivity (Wildman–Crippen MR) is 137 cm³/mol. The number of nitrogens with one attached hydrogen (secondary N) is 1. The van der Waals surface area contributed by atoms with E-state index in [-0.39, 0.29) is 22.5 Å². The molecule has 0 saturated carbocycles. The molecular weight excluding hydrogens is 464 g/mol. The summed E-state index contributed by atoms with van der Waals surface area (Å²) in [5.41, 5.74) is 9.15. The molecule has 1 aliphatic carbocycles. The van der Waals surface area contributed by atoms with Gasteiger partial charge in [-0.3, -0.25) is 14.3 Å². The Morgan fingerprint density at radius 1 is 1.23 bits per heavy atom. The van der Waals surface area contributed by atoms with Crippen LogP contribution in [0.5, 0.6) is 0 Å². The van der Waals surface area contributed by atoms with Crippen molar-refractivity contribution >= 4 is 33.0 Å². The van der Waals surface area contributed by atoms with Gasteiger partial charge in [0, 0.05) is 30.8 Å². The van der Waals surface area contributed by atoms with E-state index in [1.807, 2.05) is 19.1 Å². The molecule has 0 bridgehead atoms. The van der Waals surface area contributed by atoms with Crippen molar-refractivity contribution in [1.29, 1.82) is 0 Å². The summed E-state index contributed by atoms with van der Waals surface area (Å²) in [6.45, 7) is 1.81. The third kappa shape index (κ3) is 5.38. The fourth-order valence-corrected chi connectivity index (χ4v) is 5.19. The molecule has 35 heavy (non-hydrogen) atoms. The zero-order valence-corrected chi connectivity index (χ0v) is 20.5. The maximum Gasteiger partial charge on any atom is 0.286 e. The zero-order valence-electron chi connectivity index (χ0n) is 19.6. The Labute approximate surface area is 203 Å². The number of hydrogen-bond donors (Lipinski definition) is 2. The van der Waals surface area contributed by atoms with Crippen molar-refractivity contribution in [2.24, 2.45) is 11.4 Å². The number of carbonyl (C=O) groups excluding carboxylic acids is 2. The number of nitrogens with two attached hydrogens (primary N) is 1. The molecule has 0 fully saturated rings. The molecule has 2 heterocycles. The van der Waals surface area contributed by atoms with Crippen LogP contribution in [0.4, 0.5) is 11.5 Å². The summed E-state index contributed by atoms with van der Waals surface area (Å²) in [6, 6.07) is 10.3. The first-order chi connectivity index (χ1) is 16.6. The van der Waals surface area contributed by atoms with Gasteiger partial charge < -0.3 is 11.1 Å². The first kappa shape index (κ1) is 24.1. The molecule has 9 nitrogen and oxygen atoms in total. The molecule has 2 atom stereocenters. The van der Waals surface area contributed by atoms with E-state index in [4.69, 9.17) is 5.73 Å². The summed E-state index contributed by atoms with van der Waals surface area (Å²) in [4.78, 5) is 29.7. The van der Waals surface area contributed by atoms with Gasteiger partial charge in [0.05, 0.1) is 26.2 Å². The number of benzene rings is 1. The average molecular weight is 491 g/mol. The van der Waals surface area contributed by atoms with E-state index in [0.29, 0.717) is 28.9 Å². The topological polar surface area (TPSA) is 132 Å². The van der Waals surface area contributed by atoms with E-state index in [1.54, 1.807) is 55.6 Å². The first-order valence-corrected chi connectivity index (χ1v) is 12.9. The van der Waals surface area contributed by atoms with E-state index in [2.05, 4.69) is 19.8 Å². The van der Waals surface area contributed by atoms with Gasteiger partial charge in [0.15, 0.2) is 0 Å². The third-order valence-corrected chi connectivity index (χ3v) is 7.60. The summed E-state index contributed by atoms with van der Waals surface area (Å²) in [5, 5.41) is 6.71. The number of anilines is 2. The molecule has 2 amide bonds. The molecule has 0 spiro atoms. The first-order valence-electron chi connectivity index (χ1n) is 10.9. The molecule has 3 aromatic rings. The number of nitrogen functional groups attached to an aromatic ring is 1. The van der Waals surface area contributed by atoms with Crippen molar-refractivity contribution in [3.05, 3.63) is 83.9 Å². The second-order valence-electron chi connectivity index (χ2n) is 8.33. The monoisotopic (exact) mass is 490 g/mol. The normalized spacial score (nSPS) is 16.5. The van der Waals surface area contributed by atoms with Gasteiger partial charge in [0.1, 0.15) is 11.5 Å². The number of nitrogens with zero attached hydrogens (tertiary/aromatic N) is 4. The molecule has 180 valence electrons. The van der Waals surface area contributed by atoms with Crippen LogP contribution < -0.4 is 11.1 Å². The lowest BCUT2D eigenvalue weighted by Crippen LogP contribution is -2.19. The fraction of sp³-hybridized carbons (Fsp3) is 0.200. The molecule has 0 aliphatic heterocycles. The smallest absolute Gasteiger partial charge is 0.286 e. The average Bonchev–Trinajstić information content (AvgIpc) is 3.17. The maximum atomic E-state index is 13.1. The number of aryl methyl sites for hydroxylation is 2. The third-order valence-electron chi connectivity index (χ3n) is 5.60. The lowest BCUT2D eigenvalue weighted by molar-refractivity contribution is 0.0999. The molecule has 1 aromatic carbocycles. The van der Waals surface area contributed by atoms with Crippen LogP contribution in [-0.4, -0.2) is 42.3 Å². The summed E-state index contributed by atoms with van der Waals surface area (Å²) in [7, 11) is -1.09. The van der Waals surface area contributed by atoms with Crippen molar-refractivity contribution in [3.63, 3.8) is 0 Å². The largest absolute Gasteiger partial charge is 0.383 e. The van der Waals surface area contributed by atoms with Crippen molar-refractivity contribution in [2.45, 2.75) is 18.6 Å². The van der Waals surface area contributed by atoms with Crippen LogP contribution in [0.25, 0.3) is 11.1 Å². The van der Waals surface area contributed by atoms with Crippen LogP contribution in [0.15, 0.2) is 71.3 Å². The molecule has 4 rings (SSSR count). The minimum absolute atomic E-state index is 0.180. The van der Waals surface area contributed by atoms with Crippen molar-refractivity contribution in [1.82, 2.24) is 14.8 Å². The van der Waals surface area contributed by atoms with E-state index in [1.165, 1.54) is 17.1 Å². The second-order valence-corrected chi connectivity index (χ2v) is 10.8. The van der Waals surface area contributed by atoms with Crippen molar-refractivity contribution < 1.29 is 13.8 Å². The standard InChI is InChI=1S/C25H26N6O3S/c1-16-12-22(31(2)29-16)25(33)28-19-9-7-8-17(13-19)21-14-18(15-27-23(21)26)24(32)30-35(3,34)20-10-5-4-6-11-20/h4-10,12-15,20H,11H2,1-3H3,(H2,26,27)(H,28,33)/t20?,35-/m0/s1. The minimum atomic E-state index is -2.79. The van der Waals surface area contributed by atoms with Gasteiger partial charge in [-0.05, 0) is 43.2 Å². The Morgan fingerprint density at radius 3 is 2.71 bits per heavy atom. The van der Waals surface area contributed by atoms with Gasteiger partial charge in [0.25, 0.3) is 11.8 Å². The van der Waals surface area contributed by atoms with Gasteiger partial charge in [-0.1, -0.05) is 36.4 Å². The Balaban J connectivity index is 1.61. The Kier molecular flexibility index (Phi) is 6.65. The number of allylic oxidation sites excluding steroid dienone is 3. The summed E-state index contributed by atoms with van der Waals surface area (Å²) < 4.78 is 18.6. The van der Waals surface area contributed by atoms with E-state index < -0.39 is 15.6 Å². The second kappa shape index (κ2) is 9.67. The number of pyridine rings is 1. The van der Waals surface area contributed by atoms with Gasteiger partial charge >= 0.3 is 0 Å². The summed E-state index contributed by atoms with van der Waals surface area (Å²) in [6.07, 6.45) is 10.8. The number of rotatable bonds is 5. The van der Waals surface area contributed by atoms with Crippen LogP contribution >= 0.6 is 0 Å². The molecule has 2 aromatic heterocycles. The SMILES string of the molecule is Cc1cc(C(=O)Nc2cccc(-c3cc(C(=O)N=[S@@](C)(=O)C4C=CC=CC4)cnc3N)c2)n(C)n1. The summed E-state index contributed by atoms with van der Waals surface area (Å²) in [5.74, 6) is -0.710. The molecule has 0 saturated heterocycles. The maximum absolute atomic E-state index is 13.1. The van der Waals surface area contributed by atoms with Crippen LogP contribution in [-0.2, 0) is 16.8 Å². The molecular formula is C25H26N6O3S. The lowest BCUT2D eigenvalue weighted by atomic mass is 10.0. The van der Waals surface area contributed by atoms with Crippen LogP contribution in [0.3, 0.4) is 0 Å². The van der Waals surface area contributed by atoms with Crippen LogP contribution in [0.2, 0.25) is 0 Å². The van der Waals surface area contributed by atoms with Crippen LogP contribution in [0.1, 0.15) is 33.0 Å². The molecule has 0 radical (unpaired) electrons. The molecule has 1 unspecified atom stereocenters. The Hall–Kier alpha value is -4.05. The number of hydrogen-bond acceptors (Lipinski definition) is 6. The van der Waals surface area contributed by atoms with Gasteiger partial charge in [0.2, 0.25) is 0 Å². The van der Waals surface area contributed by atoms with Crippen LogP contribution in [0, 0.1) is 6.92 Å². The highest BCUT2D eigenvalue weighted by Gasteiger charge is 2.20. The zero-order chi connectivity index (χ0) is 25.2. The number of amides is 2. The number of aromatic nitrogens is 3. The highest BCUT2D eigenvalue weighted by molar-refractivity contribution is 7.94. The van der Waals surface area contributed by atoms with Crippen molar-refractivity contribution in [2.75, 3.05) is 17.3 Å². The van der Waals surface area contributed by atoms with Gasteiger partial charge in [-0.2, -0.15) is 9.46 Å². The Morgan fingerprint density at radius 2 is 2.03 bits per heavy atom. The van der Waals surface area contributed by atoms with Gasteiger partial charge in [-0.15, -0.1) is 0 Å². The lowest BCUT2D eigenvalue weighted by Gasteiger charge is -2.14. The quantitative estimate of drug-likeness (QED) is 0.560. The fourth-order valence-electron chi connectivity index (χ4n) is 3.77. The molecule has 1 aliphatic rings. The molecule has 10 heteroatoms. The van der Waals surface area contributed by atoms with Gasteiger partial charge in [-0.25, -0.2) is 9.19 Å². The Bertz CT molecular complexity index is 1490.